The SMILES string of the molecule is CC(N[S@](=O)C(C)(C)C)C1CCN(C(=O)OC(C)(C)C)CC1. The Hall–Kier alpha value is -0.620. The Morgan fingerprint density at radius 3 is 2.09 bits per heavy atom. The Morgan fingerprint density at radius 1 is 1.18 bits per heavy atom. The molecule has 6 heteroatoms. The van der Waals surface area contributed by atoms with Gasteiger partial charge in [-0.2, -0.15) is 0 Å². The van der Waals surface area contributed by atoms with Crippen LogP contribution in [-0.2, 0) is 15.7 Å². The fourth-order valence-electron chi connectivity index (χ4n) is 2.35. The number of nitrogens with one attached hydrogen (secondary N) is 1. The summed E-state index contributed by atoms with van der Waals surface area (Å²) in [5.74, 6) is 0.435. The third-order valence-electron chi connectivity index (χ3n) is 3.75. The molecular formula is C16H32N2O3S. The topological polar surface area (TPSA) is 58.6 Å². The zero-order chi connectivity index (χ0) is 17.1. The van der Waals surface area contributed by atoms with Gasteiger partial charge in [0.25, 0.3) is 0 Å². The number of hydrogen-bond donors (Lipinski definition) is 1. The Bertz CT molecular complexity index is 405. The van der Waals surface area contributed by atoms with Gasteiger partial charge in [-0.05, 0) is 67.2 Å². The first kappa shape index (κ1) is 19.4. The molecule has 130 valence electrons. The average Bonchev–Trinajstić information content (AvgIpc) is 2.35. The lowest BCUT2D eigenvalue weighted by Gasteiger charge is -2.36. The van der Waals surface area contributed by atoms with Gasteiger partial charge in [-0.3, -0.25) is 0 Å². The molecule has 2 atom stereocenters. The summed E-state index contributed by atoms with van der Waals surface area (Å²) in [6, 6.07) is 0.181. The number of rotatable bonds is 3. The van der Waals surface area contributed by atoms with Crippen LogP contribution in [0.15, 0.2) is 0 Å². The lowest BCUT2D eigenvalue weighted by atomic mass is 9.91. The van der Waals surface area contributed by atoms with Crippen LogP contribution >= 0.6 is 0 Å². The van der Waals surface area contributed by atoms with Crippen molar-refractivity contribution < 1.29 is 13.7 Å². The quantitative estimate of drug-likeness (QED) is 0.864. The number of carbonyl (C=O) groups is 1. The molecule has 0 aromatic rings. The number of hydrogen-bond acceptors (Lipinski definition) is 3. The van der Waals surface area contributed by atoms with Gasteiger partial charge in [-0.15, -0.1) is 0 Å². The minimum Gasteiger partial charge on any atom is -0.444 e. The van der Waals surface area contributed by atoms with Crippen LogP contribution < -0.4 is 4.72 Å². The van der Waals surface area contributed by atoms with E-state index in [-0.39, 0.29) is 16.9 Å². The van der Waals surface area contributed by atoms with E-state index < -0.39 is 16.6 Å². The fourth-order valence-corrected chi connectivity index (χ4v) is 3.23. The third-order valence-corrected chi connectivity index (χ3v) is 5.45. The van der Waals surface area contributed by atoms with E-state index in [2.05, 4.69) is 11.6 Å². The molecule has 1 aliphatic rings. The molecule has 1 unspecified atom stereocenters. The molecule has 1 N–H and O–H groups in total. The van der Waals surface area contributed by atoms with E-state index in [0.717, 1.165) is 12.8 Å². The Balaban J connectivity index is 2.45. The minimum absolute atomic E-state index is 0.181. The van der Waals surface area contributed by atoms with Crippen molar-refractivity contribution in [2.24, 2.45) is 5.92 Å². The maximum absolute atomic E-state index is 12.2. The molecule has 1 fully saturated rings. The first-order valence-corrected chi connectivity index (χ1v) is 9.21. The van der Waals surface area contributed by atoms with E-state index in [1.54, 1.807) is 4.90 Å². The maximum atomic E-state index is 12.2. The lowest BCUT2D eigenvalue weighted by molar-refractivity contribution is 0.0174. The summed E-state index contributed by atoms with van der Waals surface area (Å²) < 4.78 is 20.5. The van der Waals surface area contributed by atoms with E-state index in [4.69, 9.17) is 4.74 Å². The maximum Gasteiger partial charge on any atom is 0.410 e. The molecule has 1 aliphatic heterocycles. The summed E-state index contributed by atoms with van der Waals surface area (Å²) in [5, 5.41) is 0. The monoisotopic (exact) mass is 332 g/mol. The highest BCUT2D eigenvalue weighted by molar-refractivity contribution is 7.84. The molecule has 0 aliphatic carbocycles. The Kier molecular flexibility index (Phi) is 6.45. The van der Waals surface area contributed by atoms with Gasteiger partial charge in [0.1, 0.15) is 5.60 Å². The van der Waals surface area contributed by atoms with Gasteiger partial charge in [0, 0.05) is 19.1 Å². The fraction of sp³-hybridized carbons (Fsp3) is 0.938. The van der Waals surface area contributed by atoms with E-state index in [9.17, 15) is 9.00 Å². The van der Waals surface area contributed by atoms with Crippen molar-refractivity contribution >= 4 is 17.1 Å². The van der Waals surface area contributed by atoms with Crippen LogP contribution in [0, 0.1) is 5.92 Å². The number of likely N-dealkylation sites (tertiary alicyclic amines) is 1. The zero-order valence-electron chi connectivity index (χ0n) is 15.1. The van der Waals surface area contributed by atoms with Crippen molar-refractivity contribution in [3.8, 4) is 0 Å². The van der Waals surface area contributed by atoms with Crippen molar-refractivity contribution in [3.63, 3.8) is 0 Å². The molecule has 0 aromatic carbocycles. The number of piperidine rings is 1. The van der Waals surface area contributed by atoms with Crippen LogP contribution in [0.5, 0.6) is 0 Å². The largest absolute Gasteiger partial charge is 0.444 e. The average molecular weight is 333 g/mol. The second-order valence-corrected chi connectivity index (χ2v) is 10.1. The molecule has 1 heterocycles. The van der Waals surface area contributed by atoms with Crippen LogP contribution in [0.25, 0.3) is 0 Å². The molecule has 0 radical (unpaired) electrons. The minimum atomic E-state index is -1.06. The predicted octanol–water partition coefficient (Wildman–Crippen LogP) is 3.07. The van der Waals surface area contributed by atoms with Gasteiger partial charge in [0.15, 0.2) is 0 Å². The molecule has 0 bridgehead atoms. The second kappa shape index (κ2) is 7.30. The van der Waals surface area contributed by atoms with E-state index in [0.29, 0.717) is 19.0 Å². The van der Waals surface area contributed by atoms with Crippen molar-refractivity contribution in [2.75, 3.05) is 13.1 Å². The number of nitrogens with zero attached hydrogens (tertiary/aromatic N) is 1. The molecule has 0 aromatic heterocycles. The highest BCUT2D eigenvalue weighted by atomic mass is 32.2. The molecular weight excluding hydrogens is 300 g/mol. The van der Waals surface area contributed by atoms with Gasteiger partial charge in [0.2, 0.25) is 0 Å². The molecule has 0 saturated carbocycles. The van der Waals surface area contributed by atoms with Gasteiger partial charge in [-0.1, -0.05) is 0 Å². The van der Waals surface area contributed by atoms with E-state index in [1.807, 2.05) is 41.5 Å². The van der Waals surface area contributed by atoms with Crippen LogP contribution in [0.1, 0.15) is 61.3 Å². The standard InChI is InChI=1S/C16H32N2O3S/c1-12(17-22(20)16(5,6)7)13-8-10-18(11-9-13)14(19)21-15(2,3)4/h12-13,17H,8-11H2,1-7H3/t12?,22-/m1/s1. The van der Waals surface area contributed by atoms with Crippen molar-refractivity contribution in [1.82, 2.24) is 9.62 Å². The molecule has 1 saturated heterocycles. The highest BCUT2D eigenvalue weighted by Gasteiger charge is 2.31. The second-order valence-electron chi connectivity index (χ2n) is 8.09. The first-order chi connectivity index (χ1) is 9.90. The smallest absolute Gasteiger partial charge is 0.410 e. The highest BCUT2D eigenvalue weighted by Crippen LogP contribution is 2.23. The van der Waals surface area contributed by atoms with Gasteiger partial charge in [-0.25, -0.2) is 13.7 Å². The zero-order valence-corrected chi connectivity index (χ0v) is 15.9. The molecule has 1 amide bonds. The van der Waals surface area contributed by atoms with Gasteiger partial charge in [0.05, 0.1) is 15.7 Å². The first-order valence-electron chi connectivity index (χ1n) is 8.06. The molecule has 1 rings (SSSR count). The molecule has 22 heavy (non-hydrogen) atoms. The van der Waals surface area contributed by atoms with Crippen LogP contribution in [0.4, 0.5) is 4.79 Å². The van der Waals surface area contributed by atoms with Crippen molar-refractivity contribution in [1.29, 1.82) is 0 Å². The van der Waals surface area contributed by atoms with Crippen molar-refractivity contribution in [3.05, 3.63) is 0 Å². The summed E-state index contributed by atoms with van der Waals surface area (Å²) in [4.78, 5) is 13.8. The summed E-state index contributed by atoms with van der Waals surface area (Å²) >= 11 is 0. The third kappa shape index (κ3) is 6.24. The number of ether oxygens (including phenoxy) is 1. The van der Waals surface area contributed by atoms with Gasteiger partial charge >= 0.3 is 6.09 Å². The van der Waals surface area contributed by atoms with E-state index >= 15 is 0 Å². The number of amides is 1. The Labute approximate surface area is 137 Å². The molecule has 5 nitrogen and oxygen atoms in total. The van der Waals surface area contributed by atoms with Crippen LogP contribution in [0.2, 0.25) is 0 Å². The summed E-state index contributed by atoms with van der Waals surface area (Å²) in [5.41, 5.74) is -0.452. The van der Waals surface area contributed by atoms with Crippen LogP contribution in [0.3, 0.4) is 0 Å². The summed E-state index contributed by atoms with van der Waals surface area (Å²) in [6.45, 7) is 15.0. The summed E-state index contributed by atoms with van der Waals surface area (Å²) in [6.07, 6.45) is 1.59. The van der Waals surface area contributed by atoms with E-state index in [1.165, 1.54) is 0 Å². The predicted molar refractivity (Wildman–Crippen MR) is 91.0 cm³/mol. The summed E-state index contributed by atoms with van der Waals surface area (Å²) in [7, 11) is -1.06. The normalized spacial score (nSPS) is 20.6. The van der Waals surface area contributed by atoms with Gasteiger partial charge < -0.3 is 9.64 Å². The van der Waals surface area contributed by atoms with Crippen LogP contribution in [-0.4, -0.2) is 44.7 Å². The van der Waals surface area contributed by atoms with Crippen molar-refractivity contribution in [2.45, 2.75) is 77.7 Å². The molecule has 0 spiro atoms. The number of carbonyl (C=O) groups excluding carboxylic acids is 1. The lowest BCUT2D eigenvalue weighted by Crippen LogP contribution is -2.47. The Morgan fingerprint density at radius 2 is 1.68 bits per heavy atom.